The van der Waals surface area contributed by atoms with Gasteiger partial charge >= 0.3 is 5.97 Å². The molecule has 3 heterocycles. The fraction of sp³-hybridized carbons (Fsp3) is 0.118. The number of aromatic nitrogens is 3. The van der Waals surface area contributed by atoms with Crippen LogP contribution in [0.2, 0.25) is 0 Å². The minimum absolute atomic E-state index is 0.160. The Balaban J connectivity index is 1.48. The van der Waals surface area contributed by atoms with Gasteiger partial charge in [0.05, 0.1) is 11.8 Å². The van der Waals surface area contributed by atoms with Gasteiger partial charge in [-0.15, -0.1) is 0 Å². The van der Waals surface area contributed by atoms with Crippen LogP contribution in [0.4, 0.5) is 0 Å². The highest BCUT2D eigenvalue weighted by Crippen LogP contribution is 2.08. The normalized spacial score (nSPS) is 10.3. The van der Waals surface area contributed by atoms with E-state index in [0.717, 1.165) is 5.82 Å². The third-order valence-corrected chi connectivity index (χ3v) is 3.07. The number of ether oxygens (including phenoxy) is 2. The molecule has 0 radical (unpaired) electrons. The van der Waals surface area contributed by atoms with E-state index in [4.69, 9.17) is 9.47 Å². The SMILES string of the molecule is O=C(OCCOc1cccnc1)c1ccc(-n2cccc2)nc1. The van der Waals surface area contributed by atoms with Crippen molar-refractivity contribution in [3.8, 4) is 11.6 Å². The van der Waals surface area contributed by atoms with E-state index >= 15 is 0 Å². The van der Waals surface area contributed by atoms with Crippen molar-refractivity contribution in [3.63, 3.8) is 0 Å². The van der Waals surface area contributed by atoms with Crippen LogP contribution in [0.5, 0.6) is 5.75 Å². The van der Waals surface area contributed by atoms with Crippen molar-refractivity contribution < 1.29 is 14.3 Å². The molecule has 0 saturated heterocycles. The van der Waals surface area contributed by atoms with Crippen molar-refractivity contribution in [2.45, 2.75) is 0 Å². The summed E-state index contributed by atoms with van der Waals surface area (Å²) in [5.74, 6) is 0.957. The smallest absolute Gasteiger partial charge is 0.339 e. The highest BCUT2D eigenvalue weighted by molar-refractivity contribution is 5.89. The molecule has 3 aromatic heterocycles. The molecule has 0 unspecified atom stereocenters. The molecule has 0 aromatic carbocycles. The second-order valence-electron chi connectivity index (χ2n) is 4.67. The van der Waals surface area contributed by atoms with Gasteiger partial charge in [-0.05, 0) is 36.4 Å². The molecule has 0 aliphatic carbocycles. The zero-order chi connectivity index (χ0) is 15.9. The van der Waals surface area contributed by atoms with Crippen LogP contribution in [0.25, 0.3) is 5.82 Å². The molecule has 23 heavy (non-hydrogen) atoms. The fourth-order valence-corrected chi connectivity index (χ4v) is 1.96. The lowest BCUT2D eigenvalue weighted by Gasteiger charge is -2.07. The van der Waals surface area contributed by atoms with Gasteiger partial charge < -0.3 is 14.0 Å². The van der Waals surface area contributed by atoms with E-state index < -0.39 is 5.97 Å². The van der Waals surface area contributed by atoms with Gasteiger partial charge in [-0.1, -0.05) is 0 Å². The number of pyridine rings is 2. The van der Waals surface area contributed by atoms with Crippen molar-refractivity contribution in [1.82, 2.24) is 14.5 Å². The molecular formula is C17H15N3O3. The maximum Gasteiger partial charge on any atom is 0.339 e. The Kier molecular flexibility index (Phi) is 4.63. The Morgan fingerprint density at radius 2 is 1.91 bits per heavy atom. The summed E-state index contributed by atoms with van der Waals surface area (Å²) < 4.78 is 12.4. The maximum absolute atomic E-state index is 11.9. The van der Waals surface area contributed by atoms with Gasteiger partial charge in [0, 0.05) is 24.8 Å². The average Bonchev–Trinajstić information content (AvgIpc) is 3.14. The van der Waals surface area contributed by atoms with E-state index in [1.807, 2.05) is 29.1 Å². The molecule has 3 aromatic rings. The quantitative estimate of drug-likeness (QED) is 0.517. The fourth-order valence-electron chi connectivity index (χ4n) is 1.96. The summed E-state index contributed by atoms with van der Waals surface area (Å²) in [6.45, 7) is 0.430. The van der Waals surface area contributed by atoms with Crippen LogP contribution >= 0.6 is 0 Å². The predicted octanol–water partition coefficient (Wildman–Crippen LogP) is 2.50. The van der Waals surface area contributed by atoms with Crippen LogP contribution in [0.1, 0.15) is 10.4 Å². The minimum atomic E-state index is -0.425. The Bertz CT molecular complexity index is 741. The van der Waals surface area contributed by atoms with Crippen molar-refractivity contribution in [2.24, 2.45) is 0 Å². The number of hydrogen-bond acceptors (Lipinski definition) is 5. The van der Waals surface area contributed by atoms with Crippen LogP contribution in [0, 0.1) is 0 Å². The Morgan fingerprint density at radius 1 is 1.04 bits per heavy atom. The summed E-state index contributed by atoms with van der Waals surface area (Å²) in [5, 5.41) is 0. The second-order valence-corrected chi connectivity index (χ2v) is 4.67. The zero-order valence-electron chi connectivity index (χ0n) is 12.3. The third kappa shape index (κ3) is 3.94. The number of esters is 1. The minimum Gasteiger partial charge on any atom is -0.488 e. The Morgan fingerprint density at radius 3 is 2.61 bits per heavy atom. The summed E-state index contributed by atoms with van der Waals surface area (Å²) >= 11 is 0. The van der Waals surface area contributed by atoms with E-state index in [9.17, 15) is 4.79 Å². The molecule has 0 atom stereocenters. The van der Waals surface area contributed by atoms with Crippen molar-refractivity contribution >= 4 is 5.97 Å². The average molecular weight is 309 g/mol. The third-order valence-electron chi connectivity index (χ3n) is 3.07. The zero-order valence-corrected chi connectivity index (χ0v) is 12.3. The highest BCUT2D eigenvalue weighted by Gasteiger charge is 2.08. The molecular weight excluding hydrogens is 294 g/mol. The Hall–Kier alpha value is -3.15. The van der Waals surface area contributed by atoms with Crippen LogP contribution in [-0.4, -0.2) is 33.7 Å². The first-order valence-corrected chi connectivity index (χ1v) is 7.12. The summed E-state index contributed by atoms with van der Waals surface area (Å²) in [5.41, 5.74) is 0.405. The lowest BCUT2D eigenvalue weighted by atomic mass is 10.3. The molecule has 6 nitrogen and oxygen atoms in total. The molecule has 0 amide bonds. The second kappa shape index (κ2) is 7.22. The Labute approximate surface area is 133 Å². The van der Waals surface area contributed by atoms with Crippen LogP contribution in [-0.2, 0) is 4.74 Å². The number of nitrogens with zero attached hydrogens (tertiary/aromatic N) is 3. The standard InChI is InChI=1S/C17H15N3O3/c21-17(23-11-10-22-15-4-3-7-18-13-15)14-5-6-16(19-12-14)20-8-1-2-9-20/h1-9,12-13H,10-11H2. The molecule has 3 rings (SSSR count). The number of carbonyl (C=O) groups is 1. The van der Waals surface area contributed by atoms with Crippen molar-refractivity contribution in [1.29, 1.82) is 0 Å². The largest absolute Gasteiger partial charge is 0.488 e. The van der Waals surface area contributed by atoms with E-state index in [-0.39, 0.29) is 13.2 Å². The molecule has 0 bridgehead atoms. The lowest BCUT2D eigenvalue weighted by molar-refractivity contribution is 0.0450. The molecule has 6 heteroatoms. The topological polar surface area (TPSA) is 66.2 Å². The first-order chi connectivity index (χ1) is 11.3. The molecule has 0 aliphatic heterocycles. The first-order valence-electron chi connectivity index (χ1n) is 7.12. The van der Waals surface area contributed by atoms with Crippen molar-refractivity contribution in [2.75, 3.05) is 13.2 Å². The van der Waals surface area contributed by atoms with Gasteiger partial charge in [0.15, 0.2) is 0 Å². The van der Waals surface area contributed by atoms with Gasteiger partial charge in [-0.2, -0.15) is 0 Å². The van der Waals surface area contributed by atoms with Gasteiger partial charge in [0.25, 0.3) is 0 Å². The number of carbonyl (C=O) groups excluding carboxylic acids is 1. The molecule has 0 spiro atoms. The molecule has 0 aliphatic rings. The summed E-state index contributed by atoms with van der Waals surface area (Å²) in [6.07, 6.45) is 8.54. The molecule has 116 valence electrons. The summed E-state index contributed by atoms with van der Waals surface area (Å²) in [6, 6.07) is 10.8. The molecule has 0 N–H and O–H groups in total. The highest BCUT2D eigenvalue weighted by atomic mass is 16.6. The van der Waals surface area contributed by atoms with Crippen LogP contribution < -0.4 is 4.74 Å². The number of hydrogen-bond donors (Lipinski definition) is 0. The maximum atomic E-state index is 11.9. The van der Waals surface area contributed by atoms with E-state index in [1.54, 1.807) is 36.7 Å². The van der Waals surface area contributed by atoms with Gasteiger partial charge in [0.1, 0.15) is 24.8 Å². The van der Waals surface area contributed by atoms with Crippen LogP contribution in [0.15, 0.2) is 67.4 Å². The number of rotatable bonds is 6. The van der Waals surface area contributed by atoms with Gasteiger partial charge in [0.2, 0.25) is 0 Å². The summed E-state index contributed by atoms with van der Waals surface area (Å²) in [4.78, 5) is 20.1. The van der Waals surface area contributed by atoms with Gasteiger partial charge in [-0.3, -0.25) is 4.98 Å². The predicted molar refractivity (Wildman–Crippen MR) is 83.6 cm³/mol. The van der Waals surface area contributed by atoms with Gasteiger partial charge in [-0.25, -0.2) is 9.78 Å². The molecule has 0 fully saturated rings. The van der Waals surface area contributed by atoms with E-state index in [1.165, 1.54) is 6.20 Å². The van der Waals surface area contributed by atoms with Crippen molar-refractivity contribution in [3.05, 3.63) is 72.9 Å². The summed E-state index contributed by atoms with van der Waals surface area (Å²) in [7, 11) is 0. The van der Waals surface area contributed by atoms with Crippen LogP contribution in [0.3, 0.4) is 0 Å². The molecule has 0 saturated carbocycles. The monoisotopic (exact) mass is 309 g/mol. The van der Waals surface area contributed by atoms with E-state index in [0.29, 0.717) is 11.3 Å². The van der Waals surface area contributed by atoms with E-state index in [2.05, 4.69) is 9.97 Å². The first kappa shape index (κ1) is 14.8. The lowest BCUT2D eigenvalue weighted by Crippen LogP contribution is -2.12.